The molecule has 0 aliphatic heterocycles. The number of nitriles is 1. The van der Waals surface area contributed by atoms with Crippen molar-refractivity contribution in [3.05, 3.63) is 63.6 Å². The molecule has 19 heavy (non-hydrogen) atoms. The van der Waals surface area contributed by atoms with Crippen LogP contribution in [0.2, 0.25) is 0 Å². The van der Waals surface area contributed by atoms with Crippen LogP contribution in [0, 0.1) is 18.3 Å². The number of carbonyl (C=O) groups is 1. The maximum atomic E-state index is 12.0. The van der Waals surface area contributed by atoms with E-state index in [4.69, 9.17) is 10.00 Å². The third kappa shape index (κ3) is 3.21. The second-order valence-electron chi connectivity index (χ2n) is 4.02. The number of halogens is 1. The van der Waals surface area contributed by atoms with Gasteiger partial charge in [-0.05, 0) is 58.7 Å². The summed E-state index contributed by atoms with van der Waals surface area (Å²) in [5, 5.41) is 8.80. The predicted molar refractivity (Wildman–Crippen MR) is 75.0 cm³/mol. The average Bonchev–Trinajstić information content (AvgIpc) is 2.42. The van der Waals surface area contributed by atoms with Gasteiger partial charge >= 0.3 is 5.97 Å². The molecule has 0 radical (unpaired) electrons. The second kappa shape index (κ2) is 5.68. The lowest BCUT2D eigenvalue weighted by Crippen LogP contribution is -2.09. The molecular weight excluding hydrogens is 306 g/mol. The first-order valence-corrected chi connectivity index (χ1v) is 6.38. The molecule has 4 heteroatoms. The zero-order valence-corrected chi connectivity index (χ0v) is 11.8. The van der Waals surface area contributed by atoms with Crippen molar-refractivity contribution in [2.75, 3.05) is 0 Å². The number of carbonyl (C=O) groups excluding carboxylic acids is 1. The Morgan fingerprint density at radius 3 is 2.74 bits per heavy atom. The van der Waals surface area contributed by atoms with Crippen LogP contribution in [0.25, 0.3) is 0 Å². The van der Waals surface area contributed by atoms with Gasteiger partial charge in [0.2, 0.25) is 0 Å². The quantitative estimate of drug-likeness (QED) is 0.624. The first-order valence-electron chi connectivity index (χ1n) is 5.58. The number of rotatable bonds is 2. The summed E-state index contributed by atoms with van der Waals surface area (Å²) in [6.45, 7) is 1.95. The molecule has 0 amide bonds. The summed E-state index contributed by atoms with van der Waals surface area (Å²) in [6, 6.07) is 13.9. The lowest BCUT2D eigenvalue weighted by atomic mass is 10.1. The van der Waals surface area contributed by atoms with Gasteiger partial charge in [-0.3, -0.25) is 0 Å². The monoisotopic (exact) mass is 315 g/mol. The van der Waals surface area contributed by atoms with Gasteiger partial charge in [0.05, 0.1) is 21.7 Å². The molecule has 0 fully saturated rings. The smallest absolute Gasteiger partial charge is 0.343 e. The molecule has 0 aliphatic rings. The lowest BCUT2D eigenvalue weighted by Gasteiger charge is -2.07. The summed E-state index contributed by atoms with van der Waals surface area (Å²) >= 11 is 3.35. The van der Waals surface area contributed by atoms with Crippen LogP contribution in [0.5, 0.6) is 5.75 Å². The predicted octanol–water partition coefficient (Wildman–Crippen LogP) is 3.85. The zero-order valence-electron chi connectivity index (χ0n) is 10.2. The summed E-state index contributed by atoms with van der Waals surface area (Å²) in [4.78, 5) is 12.0. The van der Waals surface area contributed by atoms with Crippen molar-refractivity contribution in [2.45, 2.75) is 6.92 Å². The minimum absolute atomic E-state index is 0.353. The Bertz CT molecular complexity index is 674. The van der Waals surface area contributed by atoms with E-state index in [0.717, 1.165) is 10.0 Å². The number of ether oxygens (including phenoxy) is 1. The number of hydrogen-bond acceptors (Lipinski definition) is 3. The van der Waals surface area contributed by atoms with Crippen molar-refractivity contribution in [3.8, 4) is 11.8 Å². The van der Waals surface area contributed by atoms with Gasteiger partial charge < -0.3 is 4.74 Å². The van der Waals surface area contributed by atoms with Crippen molar-refractivity contribution < 1.29 is 9.53 Å². The Morgan fingerprint density at radius 2 is 2.05 bits per heavy atom. The normalized spacial score (nSPS) is 9.74. The van der Waals surface area contributed by atoms with E-state index < -0.39 is 5.97 Å². The Hall–Kier alpha value is -2.12. The SMILES string of the molecule is Cc1ccc(OC(=O)c2cccc(C#N)c2)c(Br)c1. The topological polar surface area (TPSA) is 50.1 Å². The molecular formula is C15H10BrNO2. The van der Waals surface area contributed by atoms with E-state index >= 15 is 0 Å². The molecule has 0 spiro atoms. The fourth-order valence-electron chi connectivity index (χ4n) is 1.56. The fraction of sp³-hybridized carbons (Fsp3) is 0.0667. The third-order valence-corrected chi connectivity index (χ3v) is 3.14. The van der Waals surface area contributed by atoms with Crippen molar-refractivity contribution in [3.63, 3.8) is 0 Å². The minimum Gasteiger partial charge on any atom is -0.422 e. The zero-order chi connectivity index (χ0) is 13.8. The summed E-state index contributed by atoms with van der Waals surface area (Å²) in [5.41, 5.74) is 1.85. The standard InChI is InChI=1S/C15H10BrNO2/c1-10-5-6-14(13(16)7-10)19-15(18)12-4-2-3-11(8-12)9-17/h2-8H,1H3. The maximum Gasteiger partial charge on any atom is 0.343 e. The van der Waals surface area contributed by atoms with Crippen LogP contribution in [0.1, 0.15) is 21.5 Å². The van der Waals surface area contributed by atoms with E-state index in [1.165, 1.54) is 6.07 Å². The highest BCUT2D eigenvalue weighted by Gasteiger charge is 2.11. The number of hydrogen-bond donors (Lipinski definition) is 0. The first kappa shape index (κ1) is 13.3. The Morgan fingerprint density at radius 1 is 1.26 bits per heavy atom. The van der Waals surface area contributed by atoms with Crippen molar-refractivity contribution in [1.29, 1.82) is 5.26 Å². The van der Waals surface area contributed by atoms with Gasteiger partial charge in [0.15, 0.2) is 0 Å². The molecule has 2 rings (SSSR count). The highest BCUT2D eigenvalue weighted by atomic mass is 79.9. The largest absolute Gasteiger partial charge is 0.422 e. The molecule has 0 unspecified atom stereocenters. The summed E-state index contributed by atoms with van der Waals surface area (Å²) < 4.78 is 6.01. The number of benzene rings is 2. The Labute approximate surface area is 119 Å². The van der Waals surface area contributed by atoms with Gasteiger partial charge in [-0.25, -0.2) is 4.79 Å². The molecule has 0 heterocycles. The molecule has 0 N–H and O–H groups in total. The highest BCUT2D eigenvalue weighted by molar-refractivity contribution is 9.10. The lowest BCUT2D eigenvalue weighted by molar-refractivity contribution is 0.0733. The third-order valence-electron chi connectivity index (χ3n) is 2.52. The molecule has 0 atom stereocenters. The van der Waals surface area contributed by atoms with E-state index in [9.17, 15) is 4.79 Å². The highest BCUT2D eigenvalue weighted by Crippen LogP contribution is 2.26. The Kier molecular flexibility index (Phi) is 3.98. The van der Waals surface area contributed by atoms with Crippen LogP contribution in [0.15, 0.2) is 46.9 Å². The van der Waals surface area contributed by atoms with Crippen LogP contribution in [-0.4, -0.2) is 5.97 Å². The van der Waals surface area contributed by atoms with Gasteiger partial charge in [0.1, 0.15) is 5.75 Å². The van der Waals surface area contributed by atoms with Gasteiger partial charge in [-0.1, -0.05) is 12.1 Å². The van der Waals surface area contributed by atoms with Crippen LogP contribution in [0.4, 0.5) is 0 Å². The van der Waals surface area contributed by atoms with E-state index in [-0.39, 0.29) is 0 Å². The van der Waals surface area contributed by atoms with Crippen molar-refractivity contribution >= 4 is 21.9 Å². The number of esters is 1. The Balaban J connectivity index is 2.23. The van der Waals surface area contributed by atoms with Gasteiger partial charge in [-0.15, -0.1) is 0 Å². The summed E-state index contributed by atoms with van der Waals surface area (Å²) in [5.74, 6) is -0.0281. The van der Waals surface area contributed by atoms with Gasteiger partial charge in [-0.2, -0.15) is 5.26 Å². The minimum atomic E-state index is -0.485. The molecule has 2 aromatic rings. The average molecular weight is 316 g/mol. The number of aryl methyl sites for hydroxylation is 1. The summed E-state index contributed by atoms with van der Waals surface area (Å²) in [7, 11) is 0. The van der Waals surface area contributed by atoms with Crippen LogP contribution >= 0.6 is 15.9 Å². The van der Waals surface area contributed by atoms with Crippen molar-refractivity contribution in [2.24, 2.45) is 0 Å². The van der Waals surface area contributed by atoms with Crippen LogP contribution in [0.3, 0.4) is 0 Å². The molecule has 0 aromatic heterocycles. The van der Waals surface area contributed by atoms with Gasteiger partial charge in [0, 0.05) is 0 Å². The number of nitrogens with zero attached hydrogens (tertiary/aromatic N) is 1. The van der Waals surface area contributed by atoms with E-state index in [0.29, 0.717) is 16.9 Å². The van der Waals surface area contributed by atoms with E-state index in [1.807, 2.05) is 25.1 Å². The maximum absolute atomic E-state index is 12.0. The van der Waals surface area contributed by atoms with Crippen LogP contribution < -0.4 is 4.74 Å². The van der Waals surface area contributed by atoms with Crippen LogP contribution in [-0.2, 0) is 0 Å². The van der Waals surface area contributed by atoms with Crippen molar-refractivity contribution in [1.82, 2.24) is 0 Å². The van der Waals surface area contributed by atoms with E-state index in [1.54, 1.807) is 24.3 Å². The fourth-order valence-corrected chi connectivity index (χ4v) is 2.14. The molecule has 0 saturated heterocycles. The van der Waals surface area contributed by atoms with Gasteiger partial charge in [0.25, 0.3) is 0 Å². The second-order valence-corrected chi connectivity index (χ2v) is 4.87. The van der Waals surface area contributed by atoms with E-state index in [2.05, 4.69) is 15.9 Å². The molecule has 2 aromatic carbocycles. The molecule has 0 bridgehead atoms. The molecule has 0 saturated carbocycles. The first-order chi connectivity index (χ1) is 9.10. The molecule has 0 aliphatic carbocycles. The molecule has 94 valence electrons. The molecule has 3 nitrogen and oxygen atoms in total. The summed E-state index contributed by atoms with van der Waals surface area (Å²) in [6.07, 6.45) is 0.